The molecular weight excluding hydrogens is 220 g/mol. The van der Waals surface area contributed by atoms with Crippen molar-refractivity contribution >= 4 is 5.91 Å². The second-order valence-corrected chi connectivity index (χ2v) is 3.71. The highest BCUT2D eigenvalue weighted by atomic mass is 16.5. The molecule has 0 aromatic heterocycles. The number of hydrogen-bond acceptors (Lipinski definition) is 4. The van der Waals surface area contributed by atoms with E-state index in [4.69, 9.17) is 15.1 Å². The number of aliphatic hydroxyl groups excluding tert-OH is 1. The lowest BCUT2D eigenvalue weighted by atomic mass is 10.1. The molecule has 1 aromatic carbocycles. The number of methoxy groups -OCH3 is 1. The van der Waals surface area contributed by atoms with Crippen LogP contribution >= 0.6 is 0 Å². The summed E-state index contributed by atoms with van der Waals surface area (Å²) in [4.78, 5) is 13.3. The van der Waals surface area contributed by atoms with Crippen LogP contribution < -0.4 is 4.74 Å². The first kappa shape index (κ1) is 11.4. The molecule has 0 saturated carbocycles. The highest BCUT2D eigenvalue weighted by Gasteiger charge is 2.36. The van der Waals surface area contributed by atoms with Crippen molar-refractivity contribution in [3.05, 3.63) is 29.3 Å². The zero-order valence-corrected chi connectivity index (χ0v) is 9.38. The SMILES string of the molecule is COc1ccc2c(c1)C(C#N)N(CCO)C2=O. The van der Waals surface area contributed by atoms with Crippen LogP contribution in [-0.4, -0.2) is 36.2 Å². The van der Waals surface area contributed by atoms with Gasteiger partial charge in [-0.15, -0.1) is 0 Å². The summed E-state index contributed by atoms with van der Waals surface area (Å²) >= 11 is 0. The second kappa shape index (κ2) is 4.44. The number of carbonyl (C=O) groups excluding carboxylic acids is 1. The Labute approximate surface area is 98.8 Å². The molecule has 1 amide bonds. The molecule has 1 aliphatic rings. The number of nitrogens with zero attached hydrogens (tertiary/aromatic N) is 2. The summed E-state index contributed by atoms with van der Waals surface area (Å²) < 4.78 is 5.07. The molecule has 5 nitrogen and oxygen atoms in total. The average molecular weight is 232 g/mol. The van der Waals surface area contributed by atoms with E-state index in [1.807, 2.05) is 0 Å². The molecule has 0 radical (unpaired) electrons. The third-order valence-electron chi connectivity index (χ3n) is 2.82. The largest absolute Gasteiger partial charge is 0.497 e. The molecular formula is C12H12N2O3. The predicted molar refractivity (Wildman–Crippen MR) is 59.5 cm³/mol. The fourth-order valence-electron chi connectivity index (χ4n) is 2.01. The van der Waals surface area contributed by atoms with Gasteiger partial charge in [-0.25, -0.2) is 0 Å². The van der Waals surface area contributed by atoms with Crippen LogP contribution in [0.4, 0.5) is 0 Å². The maximum absolute atomic E-state index is 12.0. The van der Waals surface area contributed by atoms with Crippen LogP contribution in [0.25, 0.3) is 0 Å². The molecule has 0 saturated heterocycles. The van der Waals surface area contributed by atoms with Gasteiger partial charge in [0.05, 0.1) is 19.8 Å². The molecule has 1 aromatic rings. The van der Waals surface area contributed by atoms with Gasteiger partial charge in [0.25, 0.3) is 5.91 Å². The molecule has 1 N–H and O–H groups in total. The Bertz CT molecular complexity index is 493. The van der Waals surface area contributed by atoms with Gasteiger partial charge in [-0.05, 0) is 18.2 Å². The molecule has 0 fully saturated rings. The zero-order chi connectivity index (χ0) is 12.4. The summed E-state index contributed by atoms with van der Waals surface area (Å²) in [5.74, 6) is 0.394. The Hall–Kier alpha value is -2.06. The number of hydrogen-bond donors (Lipinski definition) is 1. The topological polar surface area (TPSA) is 73.6 Å². The number of β-amino-alcohol motifs (C(OH)–C–C–N with tert-alkyl or cyclic N) is 1. The van der Waals surface area contributed by atoms with Crippen LogP contribution in [0.3, 0.4) is 0 Å². The maximum Gasteiger partial charge on any atom is 0.255 e. The van der Waals surface area contributed by atoms with Crippen LogP contribution in [0.15, 0.2) is 18.2 Å². The summed E-state index contributed by atoms with van der Waals surface area (Å²) in [6.07, 6.45) is 0. The lowest BCUT2D eigenvalue weighted by Crippen LogP contribution is -2.30. The van der Waals surface area contributed by atoms with E-state index in [9.17, 15) is 4.79 Å². The normalized spacial score (nSPS) is 17.8. The number of fused-ring (bicyclic) bond motifs is 1. The van der Waals surface area contributed by atoms with E-state index in [1.54, 1.807) is 18.2 Å². The fourth-order valence-corrected chi connectivity index (χ4v) is 2.01. The van der Waals surface area contributed by atoms with E-state index >= 15 is 0 Å². The number of benzene rings is 1. The number of amides is 1. The van der Waals surface area contributed by atoms with Gasteiger partial charge < -0.3 is 14.7 Å². The molecule has 2 rings (SSSR count). The van der Waals surface area contributed by atoms with Crippen molar-refractivity contribution < 1.29 is 14.6 Å². The van der Waals surface area contributed by atoms with E-state index in [-0.39, 0.29) is 19.1 Å². The van der Waals surface area contributed by atoms with Crippen LogP contribution in [-0.2, 0) is 0 Å². The Balaban J connectivity index is 2.46. The number of aliphatic hydroxyl groups is 1. The maximum atomic E-state index is 12.0. The van der Waals surface area contributed by atoms with Crippen molar-refractivity contribution in [3.63, 3.8) is 0 Å². The van der Waals surface area contributed by atoms with Crippen LogP contribution in [0, 0.1) is 11.3 Å². The van der Waals surface area contributed by atoms with Crippen molar-refractivity contribution in [2.75, 3.05) is 20.3 Å². The summed E-state index contributed by atoms with van der Waals surface area (Å²) in [5.41, 5.74) is 1.15. The van der Waals surface area contributed by atoms with Crippen molar-refractivity contribution in [1.82, 2.24) is 4.90 Å². The minimum atomic E-state index is -0.639. The molecule has 17 heavy (non-hydrogen) atoms. The molecule has 1 aliphatic heterocycles. The van der Waals surface area contributed by atoms with Crippen LogP contribution in [0.1, 0.15) is 22.0 Å². The lowest BCUT2D eigenvalue weighted by Gasteiger charge is -2.18. The smallest absolute Gasteiger partial charge is 0.255 e. The van der Waals surface area contributed by atoms with E-state index < -0.39 is 6.04 Å². The Kier molecular flexibility index (Phi) is 2.98. The number of nitriles is 1. The van der Waals surface area contributed by atoms with Gasteiger partial charge in [0.15, 0.2) is 0 Å². The summed E-state index contributed by atoms with van der Waals surface area (Å²) in [7, 11) is 1.53. The van der Waals surface area contributed by atoms with Crippen molar-refractivity contribution in [1.29, 1.82) is 5.26 Å². The lowest BCUT2D eigenvalue weighted by molar-refractivity contribution is 0.0721. The van der Waals surface area contributed by atoms with Gasteiger partial charge in [-0.2, -0.15) is 5.26 Å². The summed E-state index contributed by atoms with van der Waals surface area (Å²) in [6, 6.07) is 6.47. The molecule has 1 unspecified atom stereocenters. The number of rotatable bonds is 3. The van der Waals surface area contributed by atoms with Crippen molar-refractivity contribution in [3.8, 4) is 11.8 Å². The van der Waals surface area contributed by atoms with Gasteiger partial charge in [-0.1, -0.05) is 0 Å². The molecule has 1 atom stereocenters. The third-order valence-corrected chi connectivity index (χ3v) is 2.82. The van der Waals surface area contributed by atoms with Crippen LogP contribution in [0.2, 0.25) is 0 Å². The van der Waals surface area contributed by atoms with Gasteiger partial charge in [0.1, 0.15) is 11.8 Å². The molecule has 1 heterocycles. The van der Waals surface area contributed by atoms with E-state index in [2.05, 4.69) is 6.07 Å². The molecule has 88 valence electrons. The van der Waals surface area contributed by atoms with E-state index in [0.29, 0.717) is 16.9 Å². The van der Waals surface area contributed by atoms with Gasteiger partial charge in [-0.3, -0.25) is 4.79 Å². The van der Waals surface area contributed by atoms with Gasteiger partial charge >= 0.3 is 0 Å². The monoisotopic (exact) mass is 232 g/mol. The first-order valence-electron chi connectivity index (χ1n) is 5.22. The predicted octanol–water partition coefficient (Wildman–Crippen LogP) is 0.708. The molecule has 0 bridgehead atoms. The standard InChI is InChI=1S/C12H12N2O3/c1-17-8-2-3-9-10(6-8)11(7-13)14(4-5-15)12(9)16/h2-3,6,11,15H,4-5H2,1H3. The minimum Gasteiger partial charge on any atom is -0.497 e. The first-order valence-corrected chi connectivity index (χ1v) is 5.22. The third kappa shape index (κ3) is 1.73. The number of carbonyl (C=O) groups is 1. The highest BCUT2D eigenvalue weighted by molar-refractivity contribution is 5.99. The van der Waals surface area contributed by atoms with Gasteiger partial charge in [0, 0.05) is 17.7 Å². The first-order chi connectivity index (χ1) is 8.22. The zero-order valence-electron chi connectivity index (χ0n) is 9.38. The Morgan fingerprint density at radius 3 is 2.94 bits per heavy atom. The van der Waals surface area contributed by atoms with Crippen LogP contribution in [0.5, 0.6) is 5.75 Å². The van der Waals surface area contributed by atoms with E-state index in [0.717, 1.165) is 0 Å². The summed E-state index contributed by atoms with van der Waals surface area (Å²) in [5, 5.41) is 18.0. The average Bonchev–Trinajstić information content (AvgIpc) is 2.62. The quantitative estimate of drug-likeness (QED) is 0.832. The molecule has 0 spiro atoms. The van der Waals surface area contributed by atoms with Crippen molar-refractivity contribution in [2.45, 2.75) is 6.04 Å². The summed E-state index contributed by atoms with van der Waals surface area (Å²) in [6.45, 7) is 0.00307. The molecule has 5 heteroatoms. The minimum absolute atomic E-state index is 0.158. The van der Waals surface area contributed by atoms with Crippen molar-refractivity contribution in [2.24, 2.45) is 0 Å². The Morgan fingerprint density at radius 2 is 2.35 bits per heavy atom. The Morgan fingerprint density at radius 1 is 1.59 bits per heavy atom. The molecule has 0 aliphatic carbocycles. The van der Waals surface area contributed by atoms with E-state index in [1.165, 1.54) is 12.0 Å². The number of ether oxygens (including phenoxy) is 1. The fraction of sp³-hybridized carbons (Fsp3) is 0.333. The second-order valence-electron chi connectivity index (χ2n) is 3.71. The highest BCUT2D eigenvalue weighted by Crippen LogP contribution is 2.34. The van der Waals surface area contributed by atoms with Gasteiger partial charge in [0.2, 0.25) is 0 Å².